The third-order valence-corrected chi connectivity index (χ3v) is 4.60. The van der Waals surface area contributed by atoms with Crippen LogP contribution in [-0.2, 0) is 20.9 Å². The summed E-state index contributed by atoms with van der Waals surface area (Å²) in [7, 11) is 0. The number of hydrogen-bond acceptors (Lipinski definition) is 5. The summed E-state index contributed by atoms with van der Waals surface area (Å²) in [5.74, 6) is -0.475. The normalized spacial score (nSPS) is 14.4. The quantitative estimate of drug-likeness (QED) is 0.519. The molecule has 1 fully saturated rings. The molecule has 154 valence electrons. The summed E-state index contributed by atoms with van der Waals surface area (Å²) in [4.78, 5) is 38.4. The minimum absolute atomic E-state index is 0.0606. The molecule has 1 aromatic rings. The highest BCUT2D eigenvalue weighted by Gasteiger charge is 2.27. The minimum atomic E-state index is -0.676. The first kappa shape index (κ1) is 21.7. The van der Waals surface area contributed by atoms with Crippen LogP contribution in [-0.4, -0.2) is 55.0 Å². The van der Waals surface area contributed by atoms with Crippen LogP contribution in [0.1, 0.15) is 37.7 Å². The summed E-state index contributed by atoms with van der Waals surface area (Å²) < 4.78 is 5.07. The maximum absolute atomic E-state index is 12.6. The summed E-state index contributed by atoms with van der Waals surface area (Å²) >= 11 is 0. The second-order valence-corrected chi connectivity index (χ2v) is 6.85. The molecule has 28 heavy (non-hydrogen) atoms. The number of nitrogens with two attached hydrogens (primary N) is 1. The zero-order chi connectivity index (χ0) is 20.2. The molecule has 0 saturated carbocycles. The second kappa shape index (κ2) is 12.0. The molecule has 0 aliphatic carbocycles. The van der Waals surface area contributed by atoms with Crippen molar-refractivity contribution in [2.24, 2.45) is 5.73 Å². The molecule has 1 aliphatic rings. The summed E-state index contributed by atoms with van der Waals surface area (Å²) in [5, 5.41) is 5.16. The van der Waals surface area contributed by atoms with Crippen molar-refractivity contribution in [3.63, 3.8) is 0 Å². The van der Waals surface area contributed by atoms with Gasteiger partial charge in [-0.3, -0.25) is 9.59 Å². The van der Waals surface area contributed by atoms with E-state index in [9.17, 15) is 14.4 Å². The van der Waals surface area contributed by atoms with Crippen LogP contribution in [0.2, 0.25) is 0 Å². The van der Waals surface area contributed by atoms with E-state index in [-0.39, 0.29) is 19.1 Å². The minimum Gasteiger partial charge on any atom is -0.445 e. The van der Waals surface area contributed by atoms with Gasteiger partial charge >= 0.3 is 6.09 Å². The first-order valence-electron chi connectivity index (χ1n) is 9.83. The molecule has 1 aromatic carbocycles. The van der Waals surface area contributed by atoms with E-state index < -0.39 is 18.0 Å². The monoisotopic (exact) mass is 390 g/mol. The average Bonchev–Trinajstić information content (AvgIpc) is 3.25. The van der Waals surface area contributed by atoms with Crippen LogP contribution in [0.4, 0.5) is 4.79 Å². The highest BCUT2D eigenvalue weighted by atomic mass is 16.5. The number of amides is 3. The van der Waals surface area contributed by atoms with E-state index in [0.717, 1.165) is 44.3 Å². The van der Waals surface area contributed by atoms with Gasteiger partial charge in [-0.15, -0.1) is 0 Å². The van der Waals surface area contributed by atoms with Gasteiger partial charge in [-0.2, -0.15) is 0 Å². The molecule has 0 spiro atoms. The Balaban J connectivity index is 1.75. The van der Waals surface area contributed by atoms with Crippen molar-refractivity contribution in [1.82, 2.24) is 15.5 Å². The number of unbranched alkanes of at least 4 members (excludes halogenated alkanes) is 1. The largest absolute Gasteiger partial charge is 0.445 e. The fourth-order valence-corrected chi connectivity index (χ4v) is 3.08. The molecule has 3 amide bonds. The Bertz CT molecular complexity index is 632. The van der Waals surface area contributed by atoms with E-state index >= 15 is 0 Å². The predicted octanol–water partition coefficient (Wildman–Crippen LogP) is 1.15. The van der Waals surface area contributed by atoms with Gasteiger partial charge in [0.15, 0.2) is 0 Å². The fourth-order valence-electron chi connectivity index (χ4n) is 3.08. The Morgan fingerprint density at radius 3 is 2.50 bits per heavy atom. The van der Waals surface area contributed by atoms with Crippen molar-refractivity contribution in [1.29, 1.82) is 0 Å². The molecule has 8 heteroatoms. The molecule has 0 bridgehead atoms. The van der Waals surface area contributed by atoms with Gasteiger partial charge in [0.25, 0.3) is 0 Å². The smallest absolute Gasteiger partial charge is 0.407 e. The predicted molar refractivity (Wildman–Crippen MR) is 105 cm³/mol. The van der Waals surface area contributed by atoms with Crippen LogP contribution in [0.3, 0.4) is 0 Å². The second-order valence-electron chi connectivity index (χ2n) is 6.85. The Hall–Kier alpha value is -2.61. The number of nitrogens with one attached hydrogen (secondary N) is 2. The highest BCUT2D eigenvalue weighted by molar-refractivity contribution is 5.89. The first-order chi connectivity index (χ1) is 13.6. The number of carbonyl (C=O) groups is 3. The van der Waals surface area contributed by atoms with Crippen molar-refractivity contribution in [2.45, 2.75) is 44.8 Å². The van der Waals surface area contributed by atoms with E-state index in [4.69, 9.17) is 10.5 Å². The number of benzene rings is 1. The van der Waals surface area contributed by atoms with E-state index in [1.54, 1.807) is 4.90 Å². The van der Waals surface area contributed by atoms with Gasteiger partial charge < -0.3 is 26.0 Å². The number of carbonyl (C=O) groups excluding carboxylic acids is 3. The Kier molecular flexibility index (Phi) is 9.27. The molecule has 1 aliphatic heterocycles. The Morgan fingerprint density at radius 1 is 1.11 bits per heavy atom. The molecular formula is C20H30N4O4. The number of hydrogen-bond donors (Lipinski definition) is 3. The van der Waals surface area contributed by atoms with Crippen LogP contribution in [0.15, 0.2) is 30.3 Å². The molecule has 0 unspecified atom stereocenters. The maximum atomic E-state index is 12.6. The number of nitrogens with zero attached hydrogens (tertiary/aromatic N) is 1. The van der Waals surface area contributed by atoms with E-state index in [2.05, 4.69) is 10.6 Å². The third kappa shape index (κ3) is 7.56. The first-order valence-corrected chi connectivity index (χ1v) is 9.83. The lowest BCUT2D eigenvalue weighted by Crippen LogP contribution is -2.50. The maximum Gasteiger partial charge on any atom is 0.407 e. The lowest BCUT2D eigenvalue weighted by molar-refractivity contribution is -0.135. The highest BCUT2D eigenvalue weighted by Crippen LogP contribution is 2.12. The molecule has 0 radical (unpaired) electrons. The van der Waals surface area contributed by atoms with Gasteiger partial charge in [0.2, 0.25) is 11.8 Å². The van der Waals surface area contributed by atoms with Crippen molar-refractivity contribution in [2.75, 3.05) is 26.2 Å². The van der Waals surface area contributed by atoms with Crippen molar-refractivity contribution < 1.29 is 19.1 Å². The van der Waals surface area contributed by atoms with Gasteiger partial charge in [-0.25, -0.2) is 4.79 Å². The molecule has 1 heterocycles. The fraction of sp³-hybridized carbons (Fsp3) is 0.550. The number of rotatable bonds is 10. The number of alkyl carbamates (subject to hydrolysis) is 1. The lowest BCUT2D eigenvalue weighted by atomic mass is 10.1. The van der Waals surface area contributed by atoms with E-state index in [1.807, 2.05) is 30.3 Å². The average molecular weight is 390 g/mol. The van der Waals surface area contributed by atoms with Gasteiger partial charge in [0, 0.05) is 13.1 Å². The Morgan fingerprint density at radius 2 is 1.82 bits per heavy atom. The molecule has 1 saturated heterocycles. The molecule has 4 N–H and O–H groups in total. The third-order valence-electron chi connectivity index (χ3n) is 4.60. The van der Waals surface area contributed by atoms with Gasteiger partial charge in [0.05, 0.1) is 0 Å². The van der Waals surface area contributed by atoms with Crippen LogP contribution in [0, 0.1) is 0 Å². The van der Waals surface area contributed by atoms with E-state index in [0.29, 0.717) is 13.0 Å². The molecule has 0 aromatic heterocycles. The van der Waals surface area contributed by atoms with Crippen molar-refractivity contribution >= 4 is 17.9 Å². The molecule has 1 atom stereocenters. The van der Waals surface area contributed by atoms with E-state index in [1.165, 1.54) is 0 Å². The molecular weight excluding hydrogens is 360 g/mol. The van der Waals surface area contributed by atoms with Crippen LogP contribution < -0.4 is 16.4 Å². The molecule has 2 rings (SSSR count). The van der Waals surface area contributed by atoms with Gasteiger partial charge in [-0.05, 0) is 44.2 Å². The van der Waals surface area contributed by atoms with Crippen LogP contribution >= 0.6 is 0 Å². The molecule has 8 nitrogen and oxygen atoms in total. The van der Waals surface area contributed by atoms with Gasteiger partial charge in [0.1, 0.15) is 19.2 Å². The summed E-state index contributed by atoms with van der Waals surface area (Å²) in [6, 6.07) is 8.69. The summed E-state index contributed by atoms with van der Waals surface area (Å²) in [5.41, 5.74) is 6.38. The zero-order valence-electron chi connectivity index (χ0n) is 16.2. The lowest BCUT2D eigenvalue weighted by Gasteiger charge is -2.24. The topological polar surface area (TPSA) is 114 Å². The van der Waals surface area contributed by atoms with Crippen molar-refractivity contribution in [3.05, 3.63) is 35.9 Å². The van der Waals surface area contributed by atoms with Crippen LogP contribution in [0.25, 0.3) is 0 Å². The Labute approximate surface area is 165 Å². The summed E-state index contributed by atoms with van der Waals surface area (Å²) in [6.45, 7) is 1.89. The summed E-state index contributed by atoms with van der Waals surface area (Å²) in [6.07, 6.45) is 3.40. The van der Waals surface area contributed by atoms with Crippen LogP contribution in [0.5, 0.6) is 0 Å². The number of likely N-dealkylation sites (tertiary alicyclic amines) is 1. The number of ether oxygens (including phenoxy) is 1. The van der Waals surface area contributed by atoms with Crippen molar-refractivity contribution in [3.8, 4) is 0 Å². The zero-order valence-corrected chi connectivity index (χ0v) is 16.2. The SMILES string of the molecule is NCCCC[C@H](NC(=O)CNC(=O)OCc1ccccc1)C(=O)N1CCCC1. The standard InChI is InChI=1S/C20H30N4O4/c21-11-5-4-10-17(19(26)24-12-6-7-13-24)23-18(25)14-22-20(27)28-15-16-8-2-1-3-9-16/h1-3,8-9,17H,4-7,10-15,21H2,(H,22,27)(H,23,25)/t17-/m0/s1. The van der Waals surface area contributed by atoms with Gasteiger partial charge in [-0.1, -0.05) is 30.3 Å².